The van der Waals surface area contributed by atoms with E-state index in [1.54, 1.807) is 12.1 Å². The number of nitrogens with one attached hydrogen (secondary N) is 2. The molecule has 13 heteroatoms. The summed E-state index contributed by atoms with van der Waals surface area (Å²) in [5, 5.41) is 29.4. The van der Waals surface area contributed by atoms with E-state index >= 15 is 0 Å². The Hall–Kier alpha value is -5.46. The van der Waals surface area contributed by atoms with E-state index < -0.39 is 21.7 Å². The Balaban J connectivity index is 1.48. The maximum absolute atomic E-state index is 12.2. The molecule has 182 valence electrons. The average molecular weight is 490 g/mol. The Morgan fingerprint density at radius 2 is 1.28 bits per heavy atom. The summed E-state index contributed by atoms with van der Waals surface area (Å²) in [6.07, 6.45) is 2.33. The number of hydrogen-bond donors (Lipinski definition) is 2. The minimum Gasteiger partial charge on any atom is -0.484 e. The van der Waals surface area contributed by atoms with Crippen molar-refractivity contribution < 1.29 is 24.2 Å². The predicted octanol–water partition coefficient (Wildman–Crippen LogP) is 2.80. The van der Waals surface area contributed by atoms with Gasteiger partial charge in [-0.1, -0.05) is 24.3 Å². The lowest BCUT2D eigenvalue weighted by Crippen LogP contribution is -2.24. The molecule has 3 aromatic carbocycles. The van der Waals surface area contributed by atoms with Crippen molar-refractivity contribution in [2.24, 2.45) is 10.2 Å². The van der Waals surface area contributed by atoms with Gasteiger partial charge < -0.3 is 4.74 Å². The fraction of sp³-hybridized carbons (Fsp3) is 0.0435. The molecule has 3 aromatic rings. The zero-order chi connectivity index (χ0) is 25.9. The SMILES string of the molecule is O=C(COc1ccc(C(=O)NN=Cc2ccccc2[N+](=O)[O-])cc1)NN=Cc1ccccc1[N+](=O)[O-]. The van der Waals surface area contributed by atoms with E-state index in [1.165, 1.54) is 66.9 Å². The summed E-state index contributed by atoms with van der Waals surface area (Å²) in [5.41, 5.74) is 4.88. The van der Waals surface area contributed by atoms with Gasteiger partial charge in [0.15, 0.2) is 6.61 Å². The second-order valence-corrected chi connectivity index (χ2v) is 6.94. The summed E-state index contributed by atoms with van der Waals surface area (Å²) in [5.74, 6) is -0.859. The molecule has 2 amide bonds. The van der Waals surface area contributed by atoms with Gasteiger partial charge in [-0.25, -0.2) is 10.9 Å². The highest BCUT2D eigenvalue weighted by atomic mass is 16.6. The van der Waals surface area contributed by atoms with Gasteiger partial charge in [0.2, 0.25) is 0 Å². The second-order valence-electron chi connectivity index (χ2n) is 6.94. The Morgan fingerprint density at radius 1 is 0.778 bits per heavy atom. The summed E-state index contributed by atoms with van der Waals surface area (Å²) in [6.45, 7) is -0.389. The van der Waals surface area contributed by atoms with Crippen molar-refractivity contribution in [3.05, 3.63) is 110 Å². The minimum absolute atomic E-state index is 0.145. The number of carbonyl (C=O) groups is 2. The fourth-order valence-corrected chi connectivity index (χ4v) is 2.81. The first kappa shape index (κ1) is 25.2. The molecule has 0 aliphatic heterocycles. The van der Waals surface area contributed by atoms with Crippen LogP contribution in [0.2, 0.25) is 0 Å². The zero-order valence-corrected chi connectivity index (χ0v) is 18.4. The molecule has 0 saturated heterocycles. The van der Waals surface area contributed by atoms with Gasteiger partial charge >= 0.3 is 0 Å². The lowest BCUT2D eigenvalue weighted by atomic mass is 10.2. The number of carbonyl (C=O) groups excluding carboxylic acids is 2. The summed E-state index contributed by atoms with van der Waals surface area (Å²) in [4.78, 5) is 45.0. The Morgan fingerprint density at radius 3 is 1.81 bits per heavy atom. The number of hydrogen-bond acceptors (Lipinski definition) is 9. The Labute approximate surface area is 203 Å². The van der Waals surface area contributed by atoms with Crippen molar-refractivity contribution in [3.8, 4) is 5.75 Å². The lowest BCUT2D eigenvalue weighted by molar-refractivity contribution is -0.385. The third kappa shape index (κ3) is 7.02. The van der Waals surface area contributed by atoms with E-state index in [1.807, 2.05) is 0 Å². The van der Waals surface area contributed by atoms with Crippen LogP contribution in [0.4, 0.5) is 11.4 Å². The first-order valence-corrected chi connectivity index (χ1v) is 10.2. The van der Waals surface area contributed by atoms with Crippen LogP contribution in [0, 0.1) is 20.2 Å². The molecular weight excluding hydrogens is 472 g/mol. The summed E-state index contributed by atoms with van der Waals surface area (Å²) >= 11 is 0. The van der Waals surface area contributed by atoms with Gasteiger partial charge in [-0.05, 0) is 36.4 Å². The highest BCUT2D eigenvalue weighted by molar-refractivity contribution is 5.95. The lowest BCUT2D eigenvalue weighted by Gasteiger charge is -2.06. The molecule has 13 nitrogen and oxygen atoms in total. The largest absolute Gasteiger partial charge is 0.484 e. The van der Waals surface area contributed by atoms with Gasteiger partial charge in [0.25, 0.3) is 23.2 Å². The summed E-state index contributed by atoms with van der Waals surface area (Å²) < 4.78 is 5.32. The van der Waals surface area contributed by atoms with Gasteiger partial charge in [0.05, 0.1) is 33.4 Å². The van der Waals surface area contributed by atoms with Crippen molar-refractivity contribution in [2.75, 3.05) is 6.61 Å². The smallest absolute Gasteiger partial charge is 0.278 e. The summed E-state index contributed by atoms with van der Waals surface area (Å²) in [7, 11) is 0. The van der Waals surface area contributed by atoms with Gasteiger partial charge in [-0.2, -0.15) is 10.2 Å². The first-order valence-electron chi connectivity index (χ1n) is 10.2. The third-order valence-corrected chi connectivity index (χ3v) is 4.52. The van der Waals surface area contributed by atoms with Crippen molar-refractivity contribution in [2.45, 2.75) is 0 Å². The first-order chi connectivity index (χ1) is 17.3. The number of amides is 2. The molecule has 2 N–H and O–H groups in total. The van der Waals surface area contributed by atoms with Gasteiger partial charge in [-0.3, -0.25) is 29.8 Å². The number of para-hydroxylation sites is 2. The van der Waals surface area contributed by atoms with E-state index in [9.17, 15) is 29.8 Å². The highest BCUT2D eigenvalue weighted by Crippen LogP contribution is 2.16. The molecule has 0 aromatic heterocycles. The molecule has 0 atom stereocenters. The quantitative estimate of drug-likeness (QED) is 0.249. The van der Waals surface area contributed by atoms with Gasteiger partial charge in [-0.15, -0.1) is 0 Å². The maximum Gasteiger partial charge on any atom is 0.278 e. The molecule has 3 rings (SSSR count). The molecule has 0 aliphatic carbocycles. The van der Waals surface area contributed by atoms with Crippen LogP contribution >= 0.6 is 0 Å². The highest BCUT2D eigenvalue weighted by Gasteiger charge is 2.12. The molecule has 0 unspecified atom stereocenters. The predicted molar refractivity (Wildman–Crippen MR) is 129 cm³/mol. The van der Waals surface area contributed by atoms with Crippen molar-refractivity contribution in [1.29, 1.82) is 0 Å². The van der Waals surface area contributed by atoms with E-state index in [4.69, 9.17) is 4.74 Å². The van der Waals surface area contributed by atoms with Crippen LogP contribution in [0.1, 0.15) is 21.5 Å². The normalized spacial score (nSPS) is 10.8. The number of hydrazone groups is 2. The second kappa shape index (κ2) is 12.1. The van der Waals surface area contributed by atoms with Crippen LogP contribution in [-0.4, -0.2) is 40.7 Å². The van der Waals surface area contributed by atoms with Crippen molar-refractivity contribution >= 4 is 35.6 Å². The topological polar surface area (TPSA) is 178 Å². The molecule has 36 heavy (non-hydrogen) atoms. The molecule has 0 fully saturated rings. The zero-order valence-electron chi connectivity index (χ0n) is 18.4. The van der Waals surface area contributed by atoms with Gasteiger partial charge in [0, 0.05) is 17.7 Å². The van der Waals surface area contributed by atoms with Crippen LogP contribution in [0.25, 0.3) is 0 Å². The van der Waals surface area contributed by atoms with E-state index in [0.29, 0.717) is 5.75 Å². The molecule has 0 spiro atoms. The number of ether oxygens (including phenoxy) is 1. The standard InChI is InChI=1S/C23H18N6O7/c30-22(26-24-13-17-5-1-3-7-20(17)28(32)33)15-36-19-11-9-16(10-12-19)23(31)27-25-14-18-6-2-4-8-21(18)29(34)35/h1-14H,15H2,(H,26,30)(H,27,31). The number of benzene rings is 3. The van der Waals surface area contributed by atoms with Crippen LogP contribution < -0.4 is 15.6 Å². The monoisotopic (exact) mass is 490 g/mol. The third-order valence-electron chi connectivity index (χ3n) is 4.52. The van der Waals surface area contributed by atoms with E-state index in [2.05, 4.69) is 21.1 Å². The average Bonchev–Trinajstić information content (AvgIpc) is 2.88. The summed E-state index contributed by atoms with van der Waals surface area (Å²) in [6, 6.07) is 17.7. The van der Waals surface area contributed by atoms with Crippen molar-refractivity contribution in [3.63, 3.8) is 0 Å². The number of nitrogens with zero attached hydrogens (tertiary/aromatic N) is 4. The minimum atomic E-state index is -0.601. The number of rotatable bonds is 10. The van der Waals surface area contributed by atoms with Crippen LogP contribution in [-0.2, 0) is 4.79 Å². The van der Waals surface area contributed by atoms with E-state index in [-0.39, 0.29) is 34.7 Å². The fourth-order valence-electron chi connectivity index (χ4n) is 2.81. The maximum atomic E-state index is 12.2. The molecule has 0 aliphatic rings. The van der Waals surface area contributed by atoms with Gasteiger partial charge in [0.1, 0.15) is 5.75 Å². The number of nitro groups is 2. The van der Waals surface area contributed by atoms with E-state index in [0.717, 1.165) is 6.21 Å². The molecule has 0 heterocycles. The van der Waals surface area contributed by atoms with Crippen molar-refractivity contribution in [1.82, 2.24) is 10.9 Å². The van der Waals surface area contributed by atoms with Crippen LogP contribution in [0.5, 0.6) is 5.75 Å². The number of nitro benzene ring substituents is 2. The molecule has 0 radical (unpaired) electrons. The Bertz CT molecular complexity index is 1340. The molecule has 0 saturated carbocycles. The molecule has 0 bridgehead atoms. The van der Waals surface area contributed by atoms with Crippen LogP contribution in [0.3, 0.4) is 0 Å². The molecular formula is C23H18N6O7. The van der Waals surface area contributed by atoms with Crippen LogP contribution in [0.15, 0.2) is 83.0 Å². The Kier molecular flexibility index (Phi) is 8.48.